The molecule has 65 heavy (non-hydrogen) atoms. The summed E-state index contributed by atoms with van der Waals surface area (Å²) >= 11 is 0. The first kappa shape index (κ1) is 61.1. The van der Waals surface area contributed by atoms with Gasteiger partial charge in [-0.1, -0.05) is 233 Å². The highest BCUT2D eigenvalue weighted by molar-refractivity contribution is 5.71. The maximum absolute atomic E-state index is 12.8. The standard InChI is InChI=1S/C59H96O6/c1-4-7-10-13-16-19-22-25-27-28-29-30-32-34-37-40-43-46-49-52-58(61)64-55-56(54-63-57(60)51-48-45-42-39-36-33-24-21-18-15-12-9-6-3)65-59(62)53-50-47-44-41-38-35-31-26-23-20-17-14-11-8-5-2/h8-9,11-12,14-25,33,36,56H,4-7,10,13,26-32,34-35,37-55H2,1-3H3/b11-8-,12-9-,17-14-,18-15-,19-16-,23-20-,24-21-,25-22-,36-33-. The number of rotatable bonds is 46. The van der Waals surface area contributed by atoms with Gasteiger partial charge < -0.3 is 14.2 Å². The Morgan fingerprint density at radius 1 is 0.323 bits per heavy atom. The minimum atomic E-state index is -0.804. The van der Waals surface area contributed by atoms with Crippen LogP contribution in [0.4, 0.5) is 0 Å². The molecule has 0 aromatic carbocycles. The zero-order valence-electron chi connectivity index (χ0n) is 42.0. The molecular weight excluding hydrogens is 805 g/mol. The van der Waals surface area contributed by atoms with Gasteiger partial charge in [-0.15, -0.1) is 0 Å². The molecule has 1 unspecified atom stereocenters. The summed E-state index contributed by atoms with van der Waals surface area (Å²) < 4.78 is 16.8. The summed E-state index contributed by atoms with van der Waals surface area (Å²) in [4.78, 5) is 38.0. The molecule has 0 N–H and O–H groups in total. The summed E-state index contributed by atoms with van der Waals surface area (Å²) in [5.41, 5.74) is 0. The van der Waals surface area contributed by atoms with Crippen LogP contribution in [0.2, 0.25) is 0 Å². The first-order valence-electron chi connectivity index (χ1n) is 26.5. The lowest BCUT2D eigenvalue weighted by Gasteiger charge is -2.18. The second kappa shape index (κ2) is 52.7. The van der Waals surface area contributed by atoms with Crippen LogP contribution in [0.3, 0.4) is 0 Å². The average Bonchev–Trinajstić information content (AvgIpc) is 3.30. The number of hydrogen-bond acceptors (Lipinski definition) is 6. The van der Waals surface area contributed by atoms with Gasteiger partial charge in [0.05, 0.1) is 0 Å². The highest BCUT2D eigenvalue weighted by atomic mass is 16.6. The van der Waals surface area contributed by atoms with E-state index < -0.39 is 6.10 Å². The normalized spacial score (nSPS) is 13.0. The predicted molar refractivity (Wildman–Crippen MR) is 279 cm³/mol. The quantitative estimate of drug-likeness (QED) is 0.0262. The Balaban J connectivity index is 4.44. The zero-order chi connectivity index (χ0) is 47.2. The fourth-order valence-electron chi connectivity index (χ4n) is 6.97. The molecule has 0 aliphatic heterocycles. The highest BCUT2D eigenvalue weighted by Crippen LogP contribution is 2.14. The van der Waals surface area contributed by atoms with E-state index in [1.807, 2.05) is 36.5 Å². The molecule has 0 aliphatic carbocycles. The molecule has 0 saturated carbocycles. The van der Waals surface area contributed by atoms with Gasteiger partial charge in [0.2, 0.25) is 0 Å². The fraction of sp³-hybridized carbons (Fsp3) is 0.644. The largest absolute Gasteiger partial charge is 0.462 e. The van der Waals surface area contributed by atoms with Crippen LogP contribution in [0.5, 0.6) is 0 Å². The minimum Gasteiger partial charge on any atom is -0.462 e. The molecule has 0 spiro atoms. The average molecular weight is 901 g/mol. The third-order valence-electron chi connectivity index (χ3n) is 10.9. The van der Waals surface area contributed by atoms with Crippen molar-refractivity contribution in [3.05, 3.63) is 109 Å². The Morgan fingerprint density at radius 2 is 0.600 bits per heavy atom. The van der Waals surface area contributed by atoms with Crippen LogP contribution in [0, 0.1) is 0 Å². The number of unbranched alkanes of at least 4 members (excludes halogenated alkanes) is 23. The molecule has 0 saturated heterocycles. The molecule has 0 aromatic rings. The van der Waals surface area contributed by atoms with Gasteiger partial charge in [0.25, 0.3) is 0 Å². The van der Waals surface area contributed by atoms with E-state index in [9.17, 15) is 14.4 Å². The van der Waals surface area contributed by atoms with E-state index in [-0.39, 0.29) is 31.1 Å². The highest BCUT2D eigenvalue weighted by Gasteiger charge is 2.19. The molecule has 0 fully saturated rings. The van der Waals surface area contributed by atoms with Crippen LogP contribution >= 0.6 is 0 Å². The molecule has 0 radical (unpaired) electrons. The van der Waals surface area contributed by atoms with Gasteiger partial charge in [-0.3, -0.25) is 14.4 Å². The molecule has 6 nitrogen and oxygen atoms in total. The van der Waals surface area contributed by atoms with Crippen molar-refractivity contribution in [3.63, 3.8) is 0 Å². The van der Waals surface area contributed by atoms with E-state index in [0.717, 1.165) is 89.9 Å². The number of carbonyl (C=O) groups is 3. The maximum atomic E-state index is 12.8. The van der Waals surface area contributed by atoms with E-state index in [0.29, 0.717) is 19.3 Å². The van der Waals surface area contributed by atoms with Crippen LogP contribution in [0.15, 0.2) is 109 Å². The van der Waals surface area contributed by atoms with Gasteiger partial charge in [0.1, 0.15) is 13.2 Å². The Hall–Kier alpha value is -3.93. The molecule has 0 aliphatic rings. The van der Waals surface area contributed by atoms with Gasteiger partial charge in [0, 0.05) is 19.3 Å². The Labute approximate surface area is 400 Å². The van der Waals surface area contributed by atoms with Crippen molar-refractivity contribution in [1.29, 1.82) is 0 Å². The van der Waals surface area contributed by atoms with Gasteiger partial charge in [0.15, 0.2) is 6.10 Å². The Bertz CT molecular complexity index is 1360. The van der Waals surface area contributed by atoms with Crippen LogP contribution in [-0.2, 0) is 28.6 Å². The predicted octanol–water partition coefficient (Wildman–Crippen LogP) is 17.5. The summed E-state index contributed by atoms with van der Waals surface area (Å²) in [6, 6.07) is 0. The lowest BCUT2D eigenvalue weighted by molar-refractivity contribution is -0.167. The second-order valence-electron chi connectivity index (χ2n) is 17.2. The lowest BCUT2D eigenvalue weighted by atomic mass is 10.1. The summed E-state index contributed by atoms with van der Waals surface area (Å²) in [5, 5.41) is 0. The van der Waals surface area contributed by atoms with Crippen molar-refractivity contribution in [3.8, 4) is 0 Å². The summed E-state index contributed by atoms with van der Waals surface area (Å²) in [6.07, 6.45) is 70.7. The molecule has 0 bridgehead atoms. The van der Waals surface area contributed by atoms with Crippen LogP contribution in [-0.4, -0.2) is 37.2 Å². The van der Waals surface area contributed by atoms with E-state index in [1.165, 1.54) is 96.3 Å². The van der Waals surface area contributed by atoms with E-state index in [4.69, 9.17) is 14.2 Å². The molecule has 0 aromatic heterocycles. The number of allylic oxidation sites excluding steroid dienone is 18. The third kappa shape index (κ3) is 50.9. The second-order valence-corrected chi connectivity index (χ2v) is 17.2. The Morgan fingerprint density at radius 3 is 0.969 bits per heavy atom. The SMILES string of the molecule is CC\C=C/C=C\C=C/C=C\CCCCCC(=O)OCC(COC(=O)CCCCCCCCCCCC/C=C\C=C/CCCCC)OC(=O)CCCCCCCCC\C=C/C=C\C=C/CC. The summed E-state index contributed by atoms with van der Waals surface area (Å²) in [5.74, 6) is -0.959. The van der Waals surface area contributed by atoms with E-state index in [1.54, 1.807) is 0 Å². The molecule has 6 heteroatoms. The molecule has 1 atom stereocenters. The number of hydrogen-bond donors (Lipinski definition) is 0. The van der Waals surface area contributed by atoms with Crippen molar-refractivity contribution in [1.82, 2.24) is 0 Å². The molecule has 0 heterocycles. The topological polar surface area (TPSA) is 78.9 Å². The summed E-state index contributed by atoms with van der Waals surface area (Å²) in [7, 11) is 0. The first-order chi connectivity index (χ1) is 32.0. The molecule has 0 rings (SSSR count). The Kier molecular flexibility index (Phi) is 49.5. The minimum absolute atomic E-state index is 0.0995. The van der Waals surface area contributed by atoms with Crippen molar-refractivity contribution in [2.45, 2.75) is 232 Å². The van der Waals surface area contributed by atoms with Crippen molar-refractivity contribution in [2.75, 3.05) is 13.2 Å². The van der Waals surface area contributed by atoms with Gasteiger partial charge in [-0.2, -0.15) is 0 Å². The van der Waals surface area contributed by atoms with Crippen LogP contribution in [0.1, 0.15) is 226 Å². The fourth-order valence-corrected chi connectivity index (χ4v) is 6.97. The molecule has 368 valence electrons. The molecular formula is C59H96O6. The summed E-state index contributed by atoms with van der Waals surface area (Å²) in [6.45, 7) is 6.29. The van der Waals surface area contributed by atoms with Gasteiger partial charge in [-0.25, -0.2) is 0 Å². The van der Waals surface area contributed by atoms with E-state index in [2.05, 4.69) is 93.7 Å². The van der Waals surface area contributed by atoms with Crippen molar-refractivity contribution < 1.29 is 28.6 Å². The third-order valence-corrected chi connectivity index (χ3v) is 10.9. The lowest BCUT2D eigenvalue weighted by Crippen LogP contribution is -2.30. The van der Waals surface area contributed by atoms with Gasteiger partial charge in [-0.05, 0) is 83.5 Å². The van der Waals surface area contributed by atoms with Gasteiger partial charge >= 0.3 is 17.9 Å². The van der Waals surface area contributed by atoms with Crippen LogP contribution < -0.4 is 0 Å². The molecule has 0 amide bonds. The van der Waals surface area contributed by atoms with Crippen molar-refractivity contribution in [2.24, 2.45) is 0 Å². The van der Waals surface area contributed by atoms with Crippen molar-refractivity contribution >= 4 is 17.9 Å². The first-order valence-corrected chi connectivity index (χ1v) is 26.5. The van der Waals surface area contributed by atoms with E-state index >= 15 is 0 Å². The van der Waals surface area contributed by atoms with Crippen LogP contribution in [0.25, 0.3) is 0 Å². The smallest absolute Gasteiger partial charge is 0.306 e. The monoisotopic (exact) mass is 901 g/mol. The zero-order valence-corrected chi connectivity index (χ0v) is 42.0. The number of esters is 3. The number of ether oxygens (including phenoxy) is 3. The number of carbonyl (C=O) groups excluding carboxylic acids is 3. The maximum Gasteiger partial charge on any atom is 0.306 e.